The summed E-state index contributed by atoms with van der Waals surface area (Å²) >= 11 is 0. The average molecular weight is 816 g/mol. The number of phenolic OH excluding ortho intramolecular Hbond substituents is 1. The number of aliphatic hydroxyl groups excluding tert-OH is 1. The fourth-order valence-electron chi connectivity index (χ4n) is 7.04. The molecule has 2 aromatic carbocycles. The van der Waals surface area contributed by atoms with Crippen molar-refractivity contribution in [3.8, 4) is 5.75 Å². The van der Waals surface area contributed by atoms with Crippen LogP contribution in [0.25, 0.3) is 10.9 Å². The first-order valence-electron chi connectivity index (χ1n) is 18.7. The molecule has 4 heterocycles. The van der Waals surface area contributed by atoms with Gasteiger partial charge in [0.2, 0.25) is 23.9 Å². The van der Waals surface area contributed by atoms with Crippen LogP contribution in [0.4, 0.5) is 4.79 Å². The number of carbonyl (C=O) groups is 5. The van der Waals surface area contributed by atoms with Crippen LogP contribution >= 0.6 is 0 Å². The first-order chi connectivity index (χ1) is 28.1. The molecule has 4 aromatic rings. The van der Waals surface area contributed by atoms with Gasteiger partial charge in [0.1, 0.15) is 35.7 Å². The number of hydrogen-bond acceptors (Lipinski definition) is 11. The summed E-state index contributed by atoms with van der Waals surface area (Å²) in [6, 6.07) is 6.51. The predicted octanol–water partition coefficient (Wildman–Crippen LogP) is -0.609. The van der Waals surface area contributed by atoms with Crippen LogP contribution in [0.1, 0.15) is 43.2 Å². The molecule has 0 bridgehead atoms. The van der Waals surface area contributed by atoms with E-state index in [1.807, 2.05) is 18.2 Å². The molecule has 312 valence electrons. The van der Waals surface area contributed by atoms with E-state index in [0.29, 0.717) is 11.1 Å². The Morgan fingerprint density at radius 2 is 1.76 bits per heavy atom. The van der Waals surface area contributed by atoms with Gasteiger partial charge in [0.25, 0.3) is 5.56 Å². The third kappa shape index (κ3) is 9.45. The van der Waals surface area contributed by atoms with Crippen LogP contribution in [-0.2, 0) is 43.3 Å². The molecule has 5 amide bonds. The second-order valence-electron chi connectivity index (χ2n) is 14.4. The number of phenols is 1. The summed E-state index contributed by atoms with van der Waals surface area (Å²) in [4.78, 5) is 96.7. The minimum Gasteiger partial charge on any atom is -0.508 e. The number of aromatic amines is 2. The van der Waals surface area contributed by atoms with Gasteiger partial charge in [-0.25, -0.2) is 14.4 Å². The summed E-state index contributed by atoms with van der Waals surface area (Å²) in [6.45, 7) is 3.06. The van der Waals surface area contributed by atoms with Crippen molar-refractivity contribution in [2.75, 3.05) is 7.05 Å². The number of carbonyl (C=O) groups excluding carboxylic acids is 4. The van der Waals surface area contributed by atoms with Gasteiger partial charge < -0.3 is 56.5 Å². The van der Waals surface area contributed by atoms with Crippen LogP contribution in [0.2, 0.25) is 0 Å². The zero-order valence-corrected chi connectivity index (χ0v) is 32.2. The highest BCUT2D eigenvalue weighted by molar-refractivity contribution is 5.94. The summed E-state index contributed by atoms with van der Waals surface area (Å²) in [5.74, 6) is -3.26. The molecule has 2 aliphatic rings. The monoisotopic (exact) mass is 815 g/mol. The van der Waals surface area contributed by atoms with E-state index in [1.54, 1.807) is 30.5 Å². The molecule has 0 radical (unpaired) electrons. The molecule has 7 atom stereocenters. The number of aromatic nitrogens is 3. The molecule has 0 saturated carbocycles. The number of urea groups is 1. The summed E-state index contributed by atoms with van der Waals surface area (Å²) < 4.78 is 6.68. The molecular weight excluding hydrogens is 770 g/mol. The highest BCUT2D eigenvalue weighted by Gasteiger charge is 2.37. The van der Waals surface area contributed by atoms with Crippen molar-refractivity contribution in [2.24, 2.45) is 0 Å². The number of aromatic hydroxyl groups is 1. The van der Waals surface area contributed by atoms with Crippen molar-refractivity contribution < 1.29 is 44.0 Å². The van der Waals surface area contributed by atoms with Gasteiger partial charge in [0.15, 0.2) is 0 Å². The number of rotatable bonds is 13. The lowest BCUT2D eigenvalue weighted by Crippen LogP contribution is -2.62. The second kappa shape index (κ2) is 17.7. The predicted molar refractivity (Wildman–Crippen MR) is 209 cm³/mol. The zero-order valence-electron chi connectivity index (χ0n) is 32.2. The lowest BCUT2D eigenvalue weighted by atomic mass is 9.94. The van der Waals surface area contributed by atoms with Gasteiger partial charge in [-0.2, -0.15) is 0 Å². The maximum atomic E-state index is 13.9. The number of carboxylic acids is 1. The standard InChI is InChI=1S/C39H45N9O11/c1-19(43-38(57)44-28(37(55)56)14-22-16-40-26-9-5-4-8-24(22)26)33(52)46-32(20(2)47(3)35(54)27-13-21-7-6-10-29(49)25(21)18-41-27)34(53)42-17-23-15-30(50)36(59-23)48-12-11-31(51)45-39(48)58/h4-12,16-17,19-20,27-28,30,32,36,40-41,49-50H,13-15,18H2,1-3H3,(H,42,53)(H,46,52)(H,55,56)(H2,43,44,57)(H,45,51,58)/b23-17-/t19-,20-,27-,28-,30+,32-,36+/m0/s1. The number of H-pyrrole nitrogens is 2. The molecule has 1 fully saturated rings. The van der Waals surface area contributed by atoms with Crippen molar-refractivity contribution in [3.05, 3.63) is 110 Å². The molecule has 20 nitrogen and oxygen atoms in total. The number of fused-ring (bicyclic) bond motifs is 2. The van der Waals surface area contributed by atoms with Crippen molar-refractivity contribution in [1.29, 1.82) is 0 Å². The minimum absolute atomic E-state index is 0.0526. The Balaban J connectivity index is 1.15. The molecule has 0 unspecified atom stereocenters. The van der Waals surface area contributed by atoms with Gasteiger partial charge in [-0.3, -0.25) is 28.7 Å². The molecule has 2 aliphatic heterocycles. The fraction of sp³-hybridized carbons (Fsp3) is 0.359. The molecule has 6 rings (SSSR count). The maximum absolute atomic E-state index is 13.9. The first kappa shape index (κ1) is 41.7. The van der Waals surface area contributed by atoms with Gasteiger partial charge >= 0.3 is 17.7 Å². The lowest BCUT2D eigenvalue weighted by Gasteiger charge is -2.35. The fourth-order valence-corrected chi connectivity index (χ4v) is 7.04. The van der Waals surface area contributed by atoms with Crippen LogP contribution in [0.5, 0.6) is 5.75 Å². The van der Waals surface area contributed by atoms with Gasteiger partial charge in [-0.1, -0.05) is 30.3 Å². The van der Waals surface area contributed by atoms with Gasteiger partial charge in [0, 0.05) is 67.6 Å². The summed E-state index contributed by atoms with van der Waals surface area (Å²) in [6.07, 6.45) is 1.52. The Morgan fingerprint density at radius 1 is 1.00 bits per heavy atom. The Kier molecular flexibility index (Phi) is 12.5. The molecule has 2 aromatic heterocycles. The van der Waals surface area contributed by atoms with Crippen molar-refractivity contribution in [2.45, 2.75) is 82.2 Å². The number of aliphatic carboxylic acids is 1. The Labute approximate surface area is 335 Å². The van der Waals surface area contributed by atoms with E-state index in [-0.39, 0.29) is 37.3 Å². The average Bonchev–Trinajstić information content (AvgIpc) is 3.79. The largest absolute Gasteiger partial charge is 0.508 e. The van der Waals surface area contributed by atoms with E-state index in [1.165, 1.54) is 25.8 Å². The third-order valence-electron chi connectivity index (χ3n) is 10.5. The first-order valence-corrected chi connectivity index (χ1v) is 18.7. The van der Waals surface area contributed by atoms with Gasteiger partial charge in [-0.15, -0.1) is 0 Å². The van der Waals surface area contributed by atoms with E-state index in [9.17, 15) is 48.9 Å². The molecule has 59 heavy (non-hydrogen) atoms. The van der Waals surface area contributed by atoms with Crippen molar-refractivity contribution in [3.63, 3.8) is 0 Å². The van der Waals surface area contributed by atoms with E-state index in [0.717, 1.165) is 39.5 Å². The topological polar surface area (TPSA) is 289 Å². The third-order valence-corrected chi connectivity index (χ3v) is 10.5. The number of nitrogens with zero attached hydrogens (tertiary/aromatic N) is 2. The molecule has 20 heteroatoms. The van der Waals surface area contributed by atoms with Crippen molar-refractivity contribution >= 4 is 40.6 Å². The van der Waals surface area contributed by atoms with E-state index in [4.69, 9.17) is 4.74 Å². The Morgan fingerprint density at radius 3 is 2.51 bits per heavy atom. The number of para-hydroxylation sites is 1. The van der Waals surface area contributed by atoms with Crippen LogP contribution in [-0.4, -0.2) is 108 Å². The normalized spacial score (nSPS) is 20.0. The number of amides is 5. The quantitative estimate of drug-likeness (QED) is 0.0809. The number of benzene rings is 2. The summed E-state index contributed by atoms with van der Waals surface area (Å²) in [5, 5.41) is 44.6. The highest BCUT2D eigenvalue weighted by atomic mass is 16.5. The number of likely N-dealkylation sites (N-methyl/N-ethyl adjacent to an activating group) is 1. The van der Waals surface area contributed by atoms with E-state index < -0.39 is 83.5 Å². The number of hydrogen-bond donors (Lipinski definition) is 10. The van der Waals surface area contributed by atoms with E-state index >= 15 is 0 Å². The minimum atomic E-state index is -1.46. The highest BCUT2D eigenvalue weighted by Crippen LogP contribution is 2.30. The zero-order chi connectivity index (χ0) is 42.5. The van der Waals surface area contributed by atoms with Gasteiger partial charge in [0.05, 0.1) is 12.1 Å². The summed E-state index contributed by atoms with van der Waals surface area (Å²) in [5.41, 5.74) is 1.40. The van der Waals surface area contributed by atoms with Gasteiger partial charge in [-0.05, 0) is 43.5 Å². The summed E-state index contributed by atoms with van der Waals surface area (Å²) in [7, 11) is 1.45. The number of ether oxygens (including phenoxy) is 1. The van der Waals surface area contributed by atoms with Crippen LogP contribution in [0.15, 0.2) is 82.5 Å². The van der Waals surface area contributed by atoms with Crippen LogP contribution in [0, 0.1) is 0 Å². The number of carboxylic acid groups (broad SMARTS) is 1. The maximum Gasteiger partial charge on any atom is 0.331 e. The van der Waals surface area contributed by atoms with Crippen LogP contribution in [0.3, 0.4) is 0 Å². The Bertz CT molecular complexity index is 2410. The molecule has 0 spiro atoms. The SMILES string of the molecule is C[C@H](NC(=O)N[C@@H](Cc1c[nH]c2ccccc12)C(=O)O)C(=O)N[C@H](C(=O)N/C=C1/C[C@@H](O)[C@H](n2ccc(=O)[nH]c2=O)O1)[C@H](C)N(C)C(=O)[C@@H]1Cc2cccc(O)c2CN1. The molecular formula is C39H45N9O11. The lowest BCUT2D eigenvalue weighted by molar-refractivity contribution is -0.139. The number of aliphatic hydroxyl groups is 1. The number of nitrogens with one attached hydrogen (secondary N) is 7. The molecule has 1 saturated heterocycles. The molecule has 0 aliphatic carbocycles. The second-order valence-corrected chi connectivity index (χ2v) is 14.4. The smallest absolute Gasteiger partial charge is 0.331 e. The molecule has 10 N–H and O–H groups in total. The Hall–Kier alpha value is -6.93. The van der Waals surface area contributed by atoms with Crippen LogP contribution < -0.4 is 37.8 Å². The van der Waals surface area contributed by atoms with Crippen molar-refractivity contribution in [1.82, 2.24) is 46.0 Å². The van der Waals surface area contributed by atoms with E-state index in [2.05, 4.69) is 36.6 Å².